The second-order valence-electron chi connectivity index (χ2n) is 5.69. The number of benzene rings is 1. The van der Waals surface area contributed by atoms with Crippen molar-refractivity contribution in [3.63, 3.8) is 0 Å². The fraction of sp³-hybridized carbons (Fsp3) is 0.389. The van der Waals surface area contributed by atoms with Crippen LogP contribution in [-0.2, 0) is 16.4 Å². The van der Waals surface area contributed by atoms with E-state index in [0.717, 1.165) is 16.7 Å². The van der Waals surface area contributed by atoms with Crippen LogP contribution in [0.4, 0.5) is 0 Å². The summed E-state index contributed by atoms with van der Waals surface area (Å²) in [6, 6.07) is 7.27. The Hall–Kier alpha value is -1.92. The zero-order valence-electron chi connectivity index (χ0n) is 14.6. The van der Waals surface area contributed by atoms with Crippen molar-refractivity contribution in [2.24, 2.45) is 0 Å². The largest absolute Gasteiger partial charge is 0.495 e. The molecule has 0 saturated carbocycles. The number of nitrogens with zero attached hydrogens (tertiary/aromatic N) is 2. The van der Waals surface area contributed by atoms with E-state index < -0.39 is 10.0 Å². The highest BCUT2D eigenvalue weighted by Gasteiger charge is 2.27. The fourth-order valence-corrected chi connectivity index (χ4v) is 4.19. The van der Waals surface area contributed by atoms with Crippen molar-refractivity contribution in [3.8, 4) is 5.75 Å². The number of hydrogen-bond acceptors (Lipinski definition) is 4. The van der Waals surface area contributed by atoms with Crippen LogP contribution < -0.4 is 4.74 Å². The smallest absolute Gasteiger partial charge is 0.246 e. The standard InChI is InChI=1S/C18H24N2O3S/c1-5-20(11-8-16-6-9-19-10-7-16)24(21,22)18-13-15(3)14(2)12-17(18)23-4/h6-7,9-10,12-13H,5,8,11H2,1-4H3. The van der Waals surface area contributed by atoms with Gasteiger partial charge in [0.15, 0.2) is 0 Å². The monoisotopic (exact) mass is 348 g/mol. The summed E-state index contributed by atoms with van der Waals surface area (Å²) in [7, 11) is -2.11. The summed E-state index contributed by atoms with van der Waals surface area (Å²) in [4.78, 5) is 4.21. The molecule has 2 aromatic rings. The zero-order valence-corrected chi connectivity index (χ0v) is 15.4. The maximum absolute atomic E-state index is 13.1. The zero-order chi connectivity index (χ0) is 17.7. The van der Waals surface area contributed by atoms with Crippen molar-refractivity contribution in [3.05, 3.63) is 53.3 Å². The maximum atomic E-state index is 13.1. The molecule has 0 amide bonds. The van der Waals surface area contributed by atoms with Crippen LogP contribution in [0.1, 0.15) is 23.6 Å². The third-order valence-corrected chi connectivity index (χ3v) is 6.15. The number of sulfonamides is 1. The van der Waals surface area contributed by atoms with Crippen LogP contribution in [0.3, 0.4) is 0 Å². The van der Waals surface area contributed by atoms with E-state index in [4.69, 9.17) is 4.74 Å². The summed E-state index contributed by atoms with van der Waals surface area (Å²) in [5.74, 6) is 0.389. The normalized spacial score (nSPS) is 11.7. The van der Waals surface area contributed by atoms with Gasteiger partial charge >= 0.3 is 0 Å². The maximum Gasteiger partial charge on any atom is 0.246 e. The minimum atomic E-state index is -3.61. The third-order valence-electron chi connectivity index (χ3n) is 4.15. The first-order chi connectivity index (χ1) is 11.4. The van der Waals surface area contributed by atoms with Crippen LogP contribution in [0.25, 0.3) is 0 Å². The number of aryl methyl sites for hydroxylation is 2. The molecule has 1 aromatic heterocycles. The summed E-state index contributed by atoms with van der Waals surface area (Å²) in [6.07, 6.45) is 4.07. The number of hydrogen-bond donors (Lipinski definition) is 0. The molecule has 24 heavy (non-hydrogen) atoms. The Morgan fingerprint density at radius 2 is 1.75 bits per heavy atom. The molecule has 0 aliphatic rings. The van der Waals surface area contributed by atoms with Crippen molar-refractivity contribution in [2.75, 3.05) is 20.2 Å². The quantitative estimate of drug-likeness (QED) is 0.772. The van der Waals surface area contributed by atoms with Crippen LogP contribution in [0.2, 0.25) is 0 Å². The molecule has 0 spiro atoms. The van der Waals surface area contributed by atoms with Gasteiger partial charge in [-0.15, -0.1) is 0 Å². The van der Waals surface area contributed by atoms with Gasteiger partial charge < -0.3 is 4.74 Å². The number of aromatic nitrogens is 1. The first-order valence-electron chi connectivity index (χ1n) is 7.94. The Balaban J connectivity index is 2.31. The van der Waals surface area contributed by atoms with Gasteiger partial charge in [-0.05, 0) is 61.2 Å². The Labute approximate surface area is 144 Å². The Kier molecular flexibility index (Phi) is 5.96. The van der Waals surface area contributed by atoms with Gasteiger partial charge in [-0.1, -0.05) is 6.92 Å². The Morgan fingerprint density at radius 3 is 2.33 bits per heavy atom. The number of ether oxygens (including phenoxy) is 1. The van der Waals surface area contributed by atoms with E-state index in [0.29, 0.717) is 25.3 Å². The van der Waals surface area contributed by atoms with E-state index in [2.05, 4.69) is 4.98 Å². The Bertz CT molecular complexity index is 789. The van der Waals surface area contributed by atoms with Crippen LogP contribution in [0.15, 0.2) is 41.6 Å². The molecule has 0 atom stereocenters. The van der Waals surface area contributed by atoms with E-state index in [1.807, 2.05) is 32.9 Å². The van der Waals surface area contributed by atoms with Gasteiger partial charge in [-0.3, -0.25) is 4.98 Å². The van der Waals surface area contributed by atoms with E-state index in [1.54, 1.807) is 24.5 Å². The lowest BCUT2D eigenvalue weighted by Gasteiger charge is -2.22. The topological polar surface area (TPSA) is 59.5 Å². The lowest BCUT2D eigenvalue weighted by atomic mass is 10.1. The molecule has 0 aliphatic heterocycles. The van der Waals surface area contributed by atoms with Crippen LogP contribution >= 0.6 is 0 Å². The molecule has 1 aromatic carbocycles. The molecule has 2 rings (SSSR count). The molecule has 6 heteroatoms. The van der Waals surface area contributed by atoms with Gasteiger partial charge in [0, 0.05) is 25.5 Å². The highest BCUT2D eigenvalue weighted by Crippen LogP contribution is 2.29. The predicted octanol–water partition coefficient (Wildman–Crippen LogP) is 2.96. The molecule has 0 radical (unpaired) electrons. The molecule has 130 valence electrons. The summed E-state index contributed by atoms with van der Waals surface area (Å²) < 4.78 is 32.9. The minimum absolute atomic E-state index is 0.227. The molecule has 1 heterocycles. The van der Waals surface area contributed by atoms with Crippen molar-refractivity contribution in [1.82, 2.24) is 9.29 Å². The van der Waals surface area contributed by atoms with E-state index in [9.17, 15) is 8.42 Å². The average molecular weight is 348 g/mol. The summed E-state index contributed by atoms with van der Waals surface area (Å²) in [5.41, 5.74) is 3.00. The summed E-state index contributed by atoms with van der Waals surface area (Å²) in [6.45, 7) is 6.51. The lowest BCUT2D eigenvalue weighted by Crippen LogP contribution is -2.33. The summed E-state index contributed by atoms with van der Waals surface area (Å²) >= 11 is 0. The van der Waals surface area contributed by atoms with Crippen molar-refractivity contribution in [1.29, 1.82) is 0 Å². The van der Waals surface area contributed by atoms with E-state index in [1.165, 1.54) is 11.4 Å². The van der Waals surface area contributed by atoms with Gasteiger partial charge in [-0.2, -0.15) is 4.31 Å². The lowest BCUT2D eigenvalue weighted by molar-refractivity contribution is 0.393. The molecule has 0 N–H and O–H groups in total. The fourth-order valence-electron chi connectivity index (χ4n) is 2.51. The van der Waals surface area contributed by atoms with Crippen molar-refractivity contribution >= 4 is 10.0 Å². The van der Waals surface area contributed by atoms with Gasteiger partial charge in [0.05, 0.1) is 7.11 Å². The summed E-state index contributed by atoms with van der Waals surface area (Å²) in [5, 5.41) is 0. The first-order valence-corrected chi connectivity index (χ1v) is 9.38. The molecule has 0 aliphatic carbocycles. The van der Waals surface area contributed by atoms with E-state index in [-0.39, 0.29) is 4.90 Å². The second-order valence-corrected chi connectivity index (χ2v) is 7.60. The molecule has 0 unspecified atom stereocenters. The number of likely N-dealkylation sites (N-methyl/N-ethyl adjacent to an activating group) is 1. The molecular weight excluding hydrogens is 324 g/mol. The van der Waals surface area contributed by atoms with Crippen molar-refractivity contribution in [2.45, 2.75) is 32.1 Å². The molecule has 0 bridgehead atoms. The van der Waals surface area contributed by atoms with Gasteiger partial charge in [0.2, 0.25) is 10.0 Å². The molecular formula is C18H24N2O3S. The predicted molar refractivity (Wildman–Crippen MR) is 94.8 cm³/mol. The van der Waals surface area contributed by atoms with Gasteiger partial charge in [0.25, 0.3) is 0 Å². The van der Waals surface area contributed by atoms with Crippen LogP contribution in [-0.4, -0.2) is 37.9 Å². The molecule has 0 fully saturated rings. The van der Waals surface area contributed by atoms with Crippen LogP contribution in [0.5, 0.6) is 5.75 Å². The highest BCUT2D eigenvalue weighted by molar-refractivity contribution is 7.89. The first kappa shape index (κ1) is 18.4. The number of rotatable bonds is 7. The third kappa shape index (κ3) is 3.94. The average Bonchev–Trinajstić information content (AvgIpc) is 2.58. The highest BCUT2D eigenvalue weighted by atomic mass is 32.2. The van der Waals surface area contributed by atoms with Crippen LogP contribution in [0, 0.1) is 13.8 Å². The number of pyridine rings is 1. The Morgan fingerprint density at radius 1 is 1.12 bits per heavy atom. The van der Waals surface area contributed by atoms with Gasteiger partial charge in [-0.25, -0.2) is 8.42 Å². The second kappa shape index (κ2) is 7.77. The van der Waals surface area contributed by atoms with Gasteiger partial charge in [0.1, 0.15) is 10.6 Å². The SMILES string of the molecule is CCN(CCc1ccncc1)S(=O)(=O)c1cc(C)c(C)cc1OC. The minimum Gasteiger partial charge on any atom is -0.495 e. The molecule has 5 nitrogen and oxygen atoms in total. The van der Waals surface area contributed by atoms with Crippen molar-refractivity contribution < 1.29 is 13.2 Å². The van der Waals surface area contributed by atoms with E-state index >= 15 is 0 Å². The molecule has 0 saturated heterocycles. The number of methoxy groups -OCH3 is 1.